The Balaban J connectivity index is 1.72. The van der Waals surface area contributed by atoms with E-state index in [0.717, 1.165) is 15.6 Å². The Labute approximate surface area is 175 Å². The smallest absolute Gasteiger partial charge is 0.338 e. The largest absolute Gasteiger partial charge is 0.497 e. The van der Waals surface area contributed by atoms with Crippen LogP contribution in [0.15, 0.2) is 78.0 Å². The third kappa shape index (κ3) is 3.73. The number of anilines is 1. The minimum absolute atomic E-state index is 0.0284. The standard InChI is InChI=1S/C22H21N3O4S/c1-29-19-10-8-17(9-11-19)16-25(30(27,28)20-6-4-13-23-15-20)22(26)24-14-12-18-5-2-3-7-21(18)24/h2-11,13,15H,12,14,16H2,1H3. The molecule has 2 aromatic carbocycles. The molecule has 1 aliphatic rings. The van der Waals surface area contributed by atoms with Crippen LogP contribution >= 0.6 is 0 Å². The van der Waals surface area contributed by atoms with E-state index < -0.39 is 16.1 Å². The molecule has 30 heavy (non-hydrogen) atoms. The van der Waals surface area contributed by atoms with Gasteiger partial charge in [-0.25, -0.2) is 17.5 Å². The van der Waals surface area contributed by atoms with Crippen LogP contribution in [-0.2, 0) is 23.0 Å². The fraction of sp³-hybridized carbons (Fsp3) is 0.182. The van der Waals surface area contributed by atoms with Crippen LogP contribution in [0.2, 0.25) is 0 Å². The molecular weight excluding hydrogens is 402 g/mol. The van der Waals surface area contributed by atoms with Gasteiger partial charge in [0.25, 0.3) is 10.0 Å². The van der Waals surface area contributed by atoms with Gasteiger partial charge in [0.1, 0.15) is 10.6 Å². The van der Waals surface area contributed by atoms with E-state index in [1.165, 1.54) is 29.4 Å². The van der Waals surface area contributed by atoms with Crippen molar-refractivity contribution in [3.8, 4) is 5.75 Å². The van der Waals surface area contributed by atoms with E-state index >= 15 is 0 Å². The quantitative estimate of drug-likeness (QED) is 0.628. The van der Waals surface area contributed by atoms with E-state index in [1.54, 1.807) is 31.4 Å². The maximum Gasteiger partial charge on any atom is 0.338 e. The maximum absolute atomic E-state index is 13.5. The van der Waals surface area contributed by atoms with Crippen molar-refractivity contribution in [1.29, 1.82) is 0 Å². The molecule has 0 unspecified atom stereocenters. The minimum Gasteiger partial charge on any atom is -0.497 e. The number of nitrogens with zero attached hydrogens (tertiary/aromatic N) is 3. The van der Waals surface area contributed by atoms with Gasteiger partial charge in [-0.3, -0.25) is 9.88 Å². The fourth-order valence-electron chi connectivity index (χ4n) is 3.45. The van der Waals surface area contributed by atoms with Gasteiger partial charge in [0.15, 0.2) is 0 Å². The monoisotopic (exact) mass is 423 g/mol. The Bertz CT molecular complexity index is 1150. The molecule has 4 rings (SSSR count). The number of para-hydroxylation sites is 1. The topological polar surface area (TPSA) is 79.8 Å². The van der Waals surface area contributed by atoms with Gasteiger partial charge in [-0.2, -0.15) is 0 Å². The second-order valence-corrected chi connectivity index (χ2v) is 8.72. The first kappa shape index (κ1) is 19.9. The SMILES string of the molecule is COc1ccc(CN(C(=O)N2CCc3ccccc32)S(=O)(=O)c2cccnc2)cc1. The second-order valence-electron chi connectivity index (χ2n) is 6.86. The number of ether oxygens (including phenoxy) is 1. The van der Waals surface area contributed by atoms with Gasteiger partial charge in [0.05, 0.1) is 13.7 Å². The van der Waals surface area contributed by atoms with E-state index in [4.69, 9.17) is 4.74 Å². The normalized spacial score (nSPS) is 13.0. The molecule has 0 radical (unpaired) electrons. The lowest BCUT2D eigenvalue weighted by atomic mass is 10.2. The molecule has 2 heterocycles. The number of rotatable bonds is 5. The number of aromatic nitrogens is 1. The van der Waals surface area contributed by atoms with Crippen LogP contribution in [0, 0.1) is 0 Å². The van der Waals surface area contributed by atoms with Crippen molar-refractivity contribution < 1.29 is 17.9 Å². The minimum atomic E-state index is -4.11. The molecule has 0 saturated heterocycles. The van der Waals surface area contributed by atoms with Crippen LogP contribution in [0.3, 0.4) is 0 Å². The average Bonchev–Trinajstić information content (AvgIpc) is 3.22. The van der Waals surface area contributed by atoms with Crippen molar-refractivity contribution >= 4 is 21.7 Å². The number of benzene rings is 2. The molecular formula is C22H21N3O4S. The highest BCUT2D eigenvalue weighted by Crippen LogP contribution is 2.30. The fourth-order valence-corrected chi connectivity index (χ4v) is 4.77. The van der Waals surface area contributed by atoms with Crippen molar-refractivity contribution in [2.75, 3.05) is 18.6 Å². The summed E-state index contributed by atoms with van der Waals surface area (Å²) in [6.07, 6.45) is 3.43. The van der Waals surface area contributed by atoms with Crippen LogP contribution in [-0.4, -0.2) is 37.4 Å². The predicted octanol–water partition coefficient (Wildman–Crippen LogP) is 3.46. The number of fused-ring (bicyclic) bond motifs is 1. The zero-order valence-electron chi connectivity index (χ0n) is 16.4. The number of carbonyl (C=O) groups excluding carboxylic acids is 1. The number of urea groups is 1. The number of methoxy groups -OCH3 is 1. The van der Waals surface area contributed by atoms with E-state index in [2.05, 4.69) is 4.98 Å². The zero-order chi connectivity index (χ0) is 21.1. The van der Waals surface area contributed by atoms with Gasteiger partial charge >= 0.3 is 6.03 Å². The summed E-state index contributed by atoms with van der Waals surface area (Å²) in [7, 11) is -2.55. The van der Waals surface area contributed by atoms with Crippen molar-refractivity contribution in [3.05, 3.63) is 84.2 Å². The average molecular weight is 423 g/mol. The lowest BCUT2D eigenvalue weighted by Gasteiger charge is -2.28. The number of amides is 2. The predicted molar refractivity (Wildman–Crippen MR) is 113 cm³/mol. The summed E-state index contributed by atoms with van der Waals surface area (Å²) in [5.41, 5.74) is 2.43. The number of pyridine rings is 1. The Morgan fingerprint density at radius 3 is 2.57 bits per heavy atom. The zero-order valence-corrected chi connectivity index (χ0v) is 17.2. The van der Waals surface area contributed by atoms with Crippen molar-refractivity contribution in [3.63, 3.8) is 0 Å². The number of hydrogen-bond acceptors (Lipinski definition) is 5. The first-order valence-electron chi connectivity index (χ1n) is 9.46. The van der Waals surface area contributed by atoms with Crippen LogP contribution in [0.4, 0.5) is 10.5 Å². The van der Waals surface area contributed by atoms with Crippen LogP contribution in [0.1, 0.15) is 11.1 Å². The molecule has 1 aliphatic heterocycles. The molecule has 0 spiro atoms. The summed E-state index contributed by atoms with van der Waals surface area (Å²) in [5.74, 6) is 0.653. The molecule has 1 aromatic heterocycles. The van der Waals surface area contributed by atoms with Crippen LogP contribution in [0.25, 0.3) is 0 Å². The van der Waals surface area contributed by atoms with E-state index in [0.29, 0.717) is 24.3 Å². The summed E-state index contributed by atoms with van der Waals surface area (Å²) in [4.78, 5) is 18.9. The van der Waals surface area contributed by atoms with Crippen molar-refractivity contribution in [2.24, 2.45) is 0 Å². The summed E-state index contributed by atoms with van der Waals surface area (Å²) < 4.78 is 32.8. The van der Waals surface area contributed by atoms with Gasteiger partial charge in [-0.15, -0.1) is 0 Å². The molecule has 0 atom stereocenters. The molecule has 8 heteroatoms. The third-order valence-electron chi connectivity index (χ3n) is 5.04. The van der Waals surface area contributed by atoms with Gasteiger partial charge in [0, 0.05) is 24.6 Å². The van der Waals surface area contributed by atoms with Gasteiger partial charge < -0.3 is 4.74 Å². The van der Waals surface area contributed by atoms with Gasteiger partial charge in [-0.1, -0.05) is 30.3 Å². The number of carbonyl (C=O) groups is 1. The highest BCUT2D eigenvalue weighted by atomic mass is 32.2. The van der Waals surface area contributed by atoms with Crippen LogP contribution < -0.4 is 9.64 Å². The van der Waals surface area contributed by atoms with E-state index in [-0.39, 0.29) is 11.4 Å². The summed E-state index contributed by atoms with van der Waals surface area (Å²) in [6.45, 7) is 0.332. The summed E-state index contributed by atoms with van der Waals surface area (Å²) in [6, 6.07) is 16.9. The highest BCUT2D eigenvalue weighted by Gasteiger charge is 2.36. The number of sulfonamides is 1. The van der Waals surface area contributed by atoms with Crippen molar-refractivity contribution in [1.82, 2.24) is 9.29 Å². The second kappa shape index (κ2) is 8.16. The molecule has 0 N–H and O–H groups in total. The number of hydrogen-bond donors (Lipinski definition) is 0. The highest BCUT2D eigenvalue weighted by molar-refractivity contribution is 7.89. The molecule has 3 aromatic rings. The third-order valence-corrected chi connectivity index (χ3v) is 6.74. The molecule has 0 bridgehead atoms. The van der Waals surface area contributed by atoms with Crippen LogP contribution in [0.5, 0.6) is 5.75 Å². The lowest BCUT2D eigenvalue weighted by molar-refractivity contribution is 0.228. The molecule has 0 fully saturated rings. The van der Waals surface area contributed by atoms with Gasteiger partial charge in [-0.05, 0) is 47.9 Å². The molecule has 0 saturated carbocycles. The lowest BCUT2D eigenvalue weighted by Crippen LogP contribution is -2.45. The Kier molecular flexibility index (Phi) is 5.41. The molecule has 154 valence electrons. The Hall–Kier alpha value is -3.39. The molecule has 7 nitrogen and oxygen atoms in total. The molecule has 0 aliphatic carbocycles. The summed E-state index contributed by atoms with van der Waals surface area (Å²) >= 11 is 0. The maximum atomic E-state index is 13.5. The Morgan fingerprint density at radius 1 is 1.10 bits per heavy atom. The summed E-state index contributed by atoms with van der Waals surface area (Å²) in [5, 5.41) is 0. The molecule has 2 amide bonds. The van der Waals surface area contributed by atoms with E-state index in [9.17, 15) is 13.2 Å². The van der Waals surface area contributed by atoms with E-state index in [1.807, 2.05) is 24.3 Å². The first-order valence-corrected chi connectivity index (χ1v) is 10.9. The van der Waals surface area contributed by atoms with Gasteiger partial charge in [0.2, 0.25) is 0 Å². The van der Waals surface area contributed by atoms with Crippen molar-refractivity contribution in [2.45, 2.75) is 17.9 Å². The first-order chi connectivity index (χ1) is 14.5. The Morgan fingerprint density at radius 2 is 1.87 bits per heavy atom.